The molecule has 0 saturated heterocycles. The quantitative estimate of drug-likeness (QED) is 0.360. The molecule has 0 radical (unpaired) electrons. The molecule has 0 fully saturated rings. The van der Waals surface area contributed by atoms with Gasteiger partial charge in [0, 0.05) is 18.2 Å². The Hall–Kier alpha value is -2.43. The van der Waals surface area contributed by atoms with Crippen LogP contribution in [-0.4, -0.2) is 23.0 Å². The molecule has 0 spiro atoms. The standard InChI is InChI=1S/C4H2O3.C4H8.C3H4O2.C3H6/c5-3-1-2-4(6)7-3;1-3-4-2;1-2-3(4)5;1-3-2/h1-2H;3H,1,4H2,2H3;2H,1H2,(H,4,5);3H,1H2,2H3. The highest BCUT2D eigenvalue weighted by molar-refractivity contribution is 6.04. The maximum Gasteiger partial charge on any atom is 0.338 e. The van der Waals surface area contributed by atoms with Crippen molar-refractivity contribution in [3.05, 3.63) is 50.1 Å². The van der Waals surface area contributed by atoms with Gasteiger partial charge in [-0.05, 0) is 13.3 Å². The fraction of sp³-hybridized carbons (Fsp3) is 0.214. The van der Waals surface area contributed by atoms with Crippen LogP contribution in [0.15, 0.2) is 50.1 Å². The van der Waals surface area contributed by atoms with Crippen molar-refractivity contribution in [2.24, 2.45) is 0 Å². The predicted octanol–water partition coefficient (Wildman–Crippen LogP) is 2.66. The normalized spacial score (nSPS) is 10.2. The smallest absolute Gasteiger partial charge is 0.338 e. The fourth-order valence-electron chi connectivity index (χ4n) is 0.303. The Morgan fingerprint density at radius 2 is 1.53 bits per heavy atom. The summed E-state index contributed by atoms with van der Waals surface area (Å²) in [6, 6.07) is 0. The van der Waals surface area contributed by atoms with Crippen molar-refractivity contribution >= 4 is 17.9 Å². The lowest BCUT2D eigenvalue weighted by Gasteiger charge is -1.80. The number of cyclic esters (lactones) is 2. The number of esters is 2. The van der Waals surface area contributed by atoms with Crippen LogP contribution in [0.4, 0.5) is 0 Å². The Labute approximate surface area is 113 Å². The molecule has 0 unspecified atom stereocenters. The zero-order chi connectivity index (χ0) is 15.7. The minimum absolute atomic E-state index is 0.579. The highest BCUT2D eigenvalue weighted by Gasteiger charge is 2.10. The van der Waals surface area contributed by atoms with Crippen LogP contribution in [0.1, 0.15) is 20.3 Å². The van der Waals surface area contributed by atoms with Gasteiger partial charge in [0.25, 0.3) is 0 Å². The molecule has 1 N–H and O–H groups in total. The maximum absolute atomic E-state index is 9.92. The van der Waals surface area contributed by atoms with Crippen LogP contribution in [0.5, 0.6) is 0 Å². The first-order valence-corrected chi connectivity index (χ1v) is 5.36. The van der Waals surface area contributed by atoms with E-state index in [1.807, 2.05) is 13.0 Å². The molecule has 1 heterocycles. The van der Waals surface area contributed by atoms with Crippen LogP contribution >= 0.6 is 0 Å². The number of hydrogen-bond donors (Lipinski definition) is 1. The zero-order valence-corrected chi connectivity index (χ0v) is 11.3. The van der Waals surface area contributed by atoms with E-state index >= 15 is 0 Å². The van der Waals surface area contributed by atoms with Crippen molar-refractivity contribution in [3.8, 4) is 0 Å². The van der Waals surface area contributed by atoms with E-state index in [2.05, 4.69) is 31.4 Å². The number of allylic oxidation sites excluding steroid dienone is 2. The van der Waals surface area contributed by atoms with E-state index in [4.69, 9.17) is 5.11 Å². The summed E-state index contributed by atoms with van der Waals surface area (Å²) in [6.45, 7) is 13.8. The number of carboxylic acid groups (broad SMARTS) is 1. The third kappa shape index (κ3) is 31.3. The molecule has 0 atom stereocenters. The Kier molecular flexibility index (Phi) is 20.6. The van der Waals surface area contributed by atoms with Gasteiger partial charge in [0.05, 0.1) is 0 Å². The molecular weight excluding hydrogens is 248 g/mol. The molecule has 19 heavy (non-hydrogen) atoms. The second-order valence-electron chi connectivity index (χ2n) is 2.72. The Balaban J connectivity index is -0.000000191. The van der Waals surface area contributed by atoms with E-state index in [1.54, 1.807) is 6.08 Å². The largest absolute Gasteiger partial charge is 0.478 e. The van der Waals surface area contributed by atoms with Crippen molar-refractivity contribution in [2.45, 2.75) is 20.3 Å². The van der Waals surface area contributed by atoms with Crippen molar-refractivity contribution in [1.82, 2.24) is 0 Å². The first kappa shape index (κ1) is 21.8. The predicted molar refractivity (Wildman–Crippen MR) is 74.4 cm³/mol. The summed E-state index contributed by atoms with van der Waals surface area (Å²) < 4.78 is 3.97. The summed E-state index contributed by atoms with van der Waals surface area (Å²) >= 11 is 0. The van der Waals surface area contributed by atoms with Gasteiger partial charge in [-0.3, -0.25) is 0 Å². The number of aliphatic carboxylic acids is 1. The summed E-state index contributed by atoms with van der Waals surface area (Å²) in [6.07, 6.45) is 7.71. The number of ether oxygens (including phenoxy) is 1. The van der Waals surface area contributed by atoms with Gasteiger partial charge >= 0.3 is 17.9 Å². The zero-order valence-electron chi connectivity index (χ0n) is 11.3. The molecule has 1 aliphatic heterocycles. The first-order chi connectivity index (χ1) is 8.89. The van der Waals surface area contributed by atoms with Crippen molar-refractivity contribution in [2.75, 3.05) is 0 Å². The molecule has 106 valence electrons. The minimum atomic E-state index is -0.981. The van der Waals surface area contributed by atoms with Crippen molar-refractivity contribution in [3.63, 3.8) is 0 Å². The van der Waals surface area contributed by atoms with Crippen LogP contribution in [0.25, 0.3) is 0 Å². The first-order valence-electron chi connectivity index (χ1n) is 5.36. The van der Waals surface area contributed by atoms with Crippen molar-refractivity contribution in [1.29, 1.82) is 0 Å². The monoisotopic (exact) mass is 268 g/mol. The average molecular weight is 268 g/mol. The summed E-state index contributed by atoms with van der Waals surface area (Å²) in [4.78, 5) is 29.1. The Morgan fingerprint density at radius 3 is 1.58 bits per heavy atom. The van der Waals surface area contributed by atoms with Gasteiger partial charge in [0.2, 0.25) is 0 Å². The van der Waals surface area contributed by atoms with Gasteiger partial charge in [-0.2, -0.15) is 0 Å². The summed E-state index contributed by atoms with van der Waals surface area (Å²) in [5.41, 5.74) is 0. The lowest BCUT2D eigenvalue weighted by Crippen LogP contribution is -1.96. The molecule has 0 saturated carbocycles. The van der Waals surface area contributed by atoms with Gasteiger partial charge in [0.15, 0.2) is 0 Å². The van der Waals surface area contributed by atoms with Gasteiger partial charge in [-0.25, -0.2) is 14.4 Å². The molecule has 0 aliphatic carbocycles. The second-order valence-corrected chi connectivity index (χ2v) is 2.72. The summed E-state index contributed by atoms with van der Waals surface area (Å²) in [5, 5.41) is 7.60. The molecule has 5 nitrogen and oxygen atoms in total. The van der Waals surface area contributed by atoms with Gasteiger partial charge in [0.1, 0.15) is 0 Å². The lowest BCUT2D eigenvalue weighted by molar-refractivity contribution is -0.150. The molecule has 0 aromatic heterocycles. The highest BCUT2D eigenvalue weighted by Crippen LogP contribution is 1.92. The van der Waals surface area contributed by atoms with E-state index in [-0.39, 0.29) is 0 Å². The van der Waals surface area contributed by atoms with E-state index in [0.29, 0.717) is 0 Å². The summed E-state index contributed by atoms with van der Waals surface area (Å²) in [5.74, 6) is -2.14. The number of rotatable bonds is 2. The number of carbonyl (C=O) groups is 3. The second kappa shape index (κ2) is 17.9. The van der Waals surface area contributed by atoms with E-state index < -0.39 is 17.9 Å². The number of hydrogen-bond acceptors (Lipinski definition) is 4. The topological polar surface area (TPSA) is 80.7 Å². The average Bonchev–Trinajstić information content (AvgIpc) is 2.75. The number of carboxylic acids is 1. The van der Waals surface area contributed by atoms with Gasteiger partial charge < -0.3 is 9.84 Å². The van der Waals surface area contributed by atoms with E-state index in [0.717, 1.165) is 24.6 Å². The molecule has 0 bridgehead atoms. The highest BCUT2D eigenvalue weighted by atomic mass is 16.6. The summed E-state index contributed by atoms with van der Waals surface area (Å²) in [7, 11) is 0. The molecule has 0 aromatic rings. The molecule has 1 rings (SSSR count). The lowest BCUT2D eigenvalue weighted by atomic mass is 10.5. The van der Waals surface area contributed by atoms with Gasteiger partial charge in [-0.1, -0.05) is 25.7 Å². The Bertz CT molecular complexity index is 324. The van der Waals surface area contributed by atoms with E-state index in [1.165, 1.54) is 0 Å². The van der Waals surface area contributed by atoms with Crippen LogP contribution in [-0.2, 0) is 19.1 Å². The van der Waals surface area contributed by atoms with Crippen LogP contribution < -0.4 is 0 Å². The van der Waals surface area contributed by atoms with Gasteiger partial charge in [-0.15, -0.1) is 13.2 Å². The van der Waals surface area contributed by atoms with E-state index in [9.17, 15) is 14.4 Å². The fourth-order valence-corrected chi connectivity index (χ4v) is 0.303. The van der Waals surface area contributed by atoms with Crippen LogP contribution in [0, 0.1) is 0 Å². The SMILES string of the molecule is C=CC.C=CC(=O)O.C=CCC.O=C1C=CC(=O)O1. The molecule has 1 aliphatic rings. The molecule has 0 amide bonds. The Morgan fingerprint density at radius 1 is 1.26 bits per heavy atom. The third-order valence-corrected chi connectivity index (χ3v) is 1.02. The number of carbonyl (C=O) groups excluding carboxylic acids is 2. The minimum Gasteiger partial charge on any atom is -0.478 e. The third-order valence-electron chi connectivity index (χ3n) is 1.02. The van der Waals surface area contributed by atoms with Crippen molar-refractivity contribution < 1.29 is 24.2 Å². The van der Waals surface area contributed by atoms with Crippen LogP contribution in [0.2, 0.25) is 0 Å². The molecule has 0 aromatic carbocycles. The molecular formula is C14H20O5. The van der Waals surface area contributed by atoms with Crippen LogP contribution in [0.3, 0.4) is 0 Å². The molecule has 5 heteroatoms. The maximum atomic E-state index is 9.92.